The molecule has 1 amide bonds. The van der Waals surface area contributed by atoms with Gasteiger partial charge in [-0.1, -0.05) is 19.1 Å². The highest BCUT2D eigenvalue weighted by Gasteiger charge is 2.07. The van der Waals surface area contributed by atoms with Gasteiger partial charge in [0.1, 0.15) is 5.75 Å². The van der Waals surface area contributed by atoms with E-state index >= 15 is 0 Å². The zero-order valence-electron chi connectivity index (χ0n) is 11.9. The number of ether oxygens (including phenoxy) is 1. The summed E-state index contributed by atoms with van der Waals surface area (Å²) in [6.07, 6.45) is 2.36. The van der Waals surface area contributed by atoms with Crippen LogP contribution in [-0.4, -0.2) is 34.8 Å². The average molecular weight is 298 g/mol. The van der Waals surface area contributed by atoms with Gasteiger partial charge in [0.15, 0.2) is 6.61 Å². The van der Waals surface area contributed by atoms with E-state index in [1.54, 1.807) is 18.4 Å². The smallest absolute Gasteiger partial charge is 0.257 e. The number of hydrogen-bond acceptors (Lipinski definition) is 4. The Hall–Kier alpha value is -1.40. The zero-order chi connectivity index (χ0) is 15.0. The summed E-state index contributed by atoms with van der Waals surface area (Å²) in [4.78, 5) is 11.6. The lowest BCUT2D eigenvalue weighted by atomic mass is 10.2. The summed E-state index contributed by atoms with van der Waals surface area (Å²) in [5.41, 5.74) is 6.51. The van der Waals surface area contributed by atoms with Crippen molar-refractivity contribution in [2.75, 3.05) is 19.4 Å². The molecule has 1 aromatic carbocycles. The Bertz CT molecular complexity index is 448. The molecule has 0 fully saturated rings. The zero-order valence-corrected chi connectivity index (χ0v) is 12.7. The van der Waals surface area contributed by atoms with E-state index in [1.807, 2.05) is 19.1 Å². The van der Waals surface area contributed by atoms with Crippen molar-refractivity contribution >= 4 is 16.7 Å². The van der Waals surface area contributed by atoms with E-state index in [1.165, 1.54) is 0 Å². The Kier molecular flexibility index (Phi) is 7.25. The first kappa shape index (κ1) is 16.7. The molecule has 0 bridgehead atoms. The molecule has 0 heterocycles. The van der Waals surface area contributed by atoms with E-state index in [0.717, 1.165) is 5.56 Å². The fourth-order valence-electron chi connectivity index (χ4n) is 1.50. The van der Waals surface area contributed by atoms with E-state index < -0.39 is 10.8 Å². The second-order valence-corrected chi connectivity index (χ2v) is 6.39. The lowest BCUT2D eigenvalue weighted by Crippen LogP contribution is -2.31. The van der Waals surface area contributed by atoms with Crippen molar-refractivity contribution in [3.05, 3.63) is 29.8 Å². The first-order valence-corrected chi connectivity index (χ1v) is 8.15. The lowest BCUT2D eigenvalue weighted by molar-refractivity contribution is -0.123. The molecule has 3 N–H and O–H groups in total. The number of carbonyl (C=O) groups excluding carboxylic acids is 1. The second-order valence-electron chi connectivity index (χ2n) is 4.58. The predicted molar refractivity (Wildman–Crippen MR) is 81.0 cm³/mol. The van der Waals surface area contributed by atoms with Gasteiger partial charge in [-0.3, -0.25) is 9.00 Å². The fourth-order valence-corrected chi connectivity index (χ4v) is 1.95. The molecule has 0 aliphatic carbocycles. The van der Waals surface area contributed by atoms with Crippen molar-refractivity contribution in [2.45, 2.75) is 25.1 Å². The monoisotopic (exact) mass is 298 g/mol. The molecular weight excluding hydrogens is 276 g/mol. The summed E-state index contributed by atoms with van der Waals surface area (Å²) in [5.74, 6) is 0.461. The van der Waals surface area contributed by atoms with Gasteiger partial charge in [-0.05, 0) is 24.1 Å². The van der Waals surface area contributed by atoms with Crippen molar-refractivity contribution in [2.24, 2.45) is 5.73 Å². The third-order valence-electron chi connectivity index (χ3n) is 2.97. The van der Waals surface area contributed by atoms with Gasteiger partial charge in [0.05, 0.1) is 0 Å². The van der Waals surface area contributed by atoms with Gasteiger partial charge in [-0.25, -0.2) is 0 Å². The third kappa shape index (κ3) is 6.16. The van der Waals surface area contributed by atoms with Crippen LogP contribution >= 0.6 is 0 Å². The van der Waals surface area contributed by atoms with Crippen LogP contribution in [0.1, 0.15) is 18.9 Å². The molecule has 0 radical (unpaired) electrons. The van der Waals surface area contributed by atoms with Crippen LogP contribution in [0.5, 0.6) is 5.75 Å². The highest BCUT2D eigenvalue weighted by Crippen LogP contribution is 2.11. The van der Waals surface area contributed by atoms with Gasteiger partial charge in [0, 0.05) is 35.4 Å². The Morgan fingerprint density at radius 2 is 2.05 bits per heavy atom. The Morgan fingerprint density at radius 3 is 2.60 bits per heavy atom. The Balaban J connectivity index is 2.23. The highest BCUT2D eigenvalue weighted by molar-refractivity contribution is 7.84. The first-order valence-electron chi connectivity index (χ1n) is 6.53. The molecule has 5 nitrogen and oxygen atoms in total. The molecular formula is C14H22N2O3S. The summed E-state index contributed by atoms with van der Waals surface area (Å²) in [5, 5.41) is 2.83. The molecule has 0 aliphatic heterocycles. The maximum Gasteiger partial charge on any atom is 0.257 e. The summed E-state index contributed by atoms with van der Waals surface area (Å²) in [6.45, 7) is 2.87. The molecule has 0 saturated heterocycles. The van der Waals surface area contributed by atoms with Crippen molar-refractivity contribution in [3.63, 3.8) is 0 Å². The van der Waals surface area contributed by atoms with Gasteiger partial charge in [0.25, 0.3) is 5.91 Å². The summed E-state index contributed by atoms with van der Waals surface area (Å²) in [6, 6.07) is 7.31. The van der Waals surface area contributed by atoms with Crippen LogP contribution in [0.25, 0.3) is 0 Å². The maximum absolute atomic E-state index is 11.6. The Morgan fingerprint density at radius 1 is 1.40 bits per heavy atom. The van der Waals surface area contributed by atoms with Gasteiger partial charge in [-0.15, -0.1) is 0 Å². The van der Waals surface area contributed by atoms with Crippen LogP contribution in [0.3, 0.4) is 0 Å². The van der Waals surface area contributed by atoms with Crippen LogP contribution in [0.4, 0.5) is 0 Å². The summed E-state index contributed by atoms with van der Waals surface area (Å²) >= 11 is 0. The molecule has 2 unspecified atom stereocenters. The molecule has 0 aliphatic rings. The number of nitrogens with one attached hydrogen (secondary N) is 1. The molecule has 20 heavy (non-hydrogen) atoms. The van der Waals surface area contributed by atoms with Crippen molar-refractivity contribution in [3.8, 4) is 5.75 Å². The van der Waals surface area contributed by atoms with E-state index in [-0.39, 0.29) is 17.8 Å². The normalized spacial score (nSPS) is 13.6. The minimum Gasteiger partial charge on any atom is -0.484 e. The van der Waals surface area contributed by atoms with Crippen molar-refractivity contribution < 1.29 is 13.7 Å². The van der Waals surface area contributed by atoms with Gasteiger partial charge < -0.3 is 15.8 Å². The average Bonchev–Trinajstić information content (AvgIpc) is 2.45. The number of nitrogens with two attached hydrogens (primary N) is 1. The minimum absolute atomic E-state index is 0.0223. The summed E-state index contributed by atoms with van der Waals surface area (Å²) in [7, 11) is -0.855. The van der Waals surface area contributed by atoms with Gasteiger partial charge >= 0.3 is 0 Å². The molecule has 0 saturated carbocycles. The minimum atomic E-state index is -0.855. The van der Waals surface area contributed by atoms with E-state index in [4.69, 9.17) is 10.5 Å². The SMILES string of the molecule is CC(CCNC(=O)COc1ccc(CN)cc1)S(C)=O. The molecule has 2 atom stereocenters. The molecule has 0 aromatic heterocycles. The van der Waals surface area contributed by atoms with Crippen LogP contribution in [0.2, 0.25) is 0 Å². The van der Waals surface area contributed by atoms with Crippen LogP contribution in [0.15, 0.2) is 24.3 Å². The van der Waals surface area contributed by atoms with Crippen molar-refractivity contribution in [1.29, 1.82) is 0 Å². The van der Waals surface area contributed by atoms with Gasteiger partial charge in [0.2, 0.25) is 0 Å². The van der Waals surface area contributed by atoms with Gasteiger partial charge in [-0.2, -0.15) is 0 Å². The van der Waals surface area contributed by atoms with E-state index in [0.29, 0.717) is 25.3 Å². The van der Waals surface area contributed by atoms with Crippen LogP contribution in [0, 0.1) is 0 Å². The quantitative estimate of drug-likeness (QED) is 0.744. The number of amides is 1. The molecule has 1 rings (SSSR count). The standard InChI is InChI=1S/C14H22N2O3S/c1-11(20(2)18)7-8-16-14(17)10-19-13-5-3-12(9-15)4-6-13/h3-6,11H,7-10,15H2,1-2H3,(H,16,17). The fraction of sp³-hybridized carbons (Fsp3) is 0.500. The van der Waals surface area contributed by atoms with E-state index in [2.05, 4.69) is 5.32 Å². The largest absolute Gasteiger partial charge is 0.484 e. The number of benzene rings is 1. The second kappa shape index (κ2) is 8.71. The van der Waals surface area contributed by atoms with Crippen molar-refractivity contribution in [1.82, 2.24) is 5.32 Å². The van der Waals surface area contributed by atoms with E-state index in [9.17, 15) is 9.00 Å². The topological polar surface area (TPSA) is 81.4 Å². The maximum atomic E-state index is 11.6. The highest BCUT2D eigenvalue weighted by atomic mass is 32.2. The first-order chi connectivity index (χ1) is 9.52. The lowest BCUT2D eigenvalue weighted by Gasteiger charge is -2.10. The third-order valence-corrected chi connectivity index (χ3v) is 4.34. The number of carbonyl (C=O) groups is 1. The predicted octanol–water partition coefficient (Wildman–Crippen LogP) is 0.797. The number of hydrogen-bond donors (Lipinski definition) is 2. The van der Waals surface area contributed by atoms with Crippen LogP contribution < -0.4 is 15.8 Å². The number of rotatable bonds is 8. The van der Waals surface area contributed by atoms with Crippen LogP contribution in [-0.2, 0) is 22.1 Å². The molecule has 112 valence electrons. The Labute approximate surface area is 122 Å². The molecule has 6 heteroatoms. The molecule has 0 spiro atoms. The summed E-state index contributed by atoms with van der Waals surface area (Å²) < 4.78 is 16.5. The molecule has 1 aromatic rings.